The Hall–Kier alpha value is -3.02. The molecule has 0 fully saturated rings. The highest BCUT2D eigenvalue weighted by Crippen LogP contribution is 2.16. The lowest BCUT2D eigenvalue weighted by Gasteiger charge is -2.10. The molecular weight excluding hydrogens is 320 g/mol. The van der Waals surface area contributed by atoms with Crippen LogP contribution in [0.5, 0.6) is 11.5 Å². The van der Waals surface area contributed by atoms with E-state index in [0.29, 0.717) is 5.75 Å². The Labute approximate surface area is 146 Å². The quantitative estimate of drug-likeness (QED) is 0.671. The first-order valence-electron chi connectivity index (χ1n) is 8.00. The number of amides is 2. The first-order chi connectivity index (χ1) is 12.0. The van der Waals surface area contributed by atoms with Gasteiger partial charge in [0, 0.05) is 13.1 Å². The van der Waals surface area contributed by atoms with Crippen molar-refractivity contribution in [1.29, 1.82) is 0 Å². The number of para-hydroxylation sites is 1. The predicted molar refractivity (Wildman–Crippen MR) is 94.9 cm³/mol. The van der Waals surface area contributed by atoms with Crippen molar-refractivity contribution in [2.24, 2.45) is 0 Å². The number of carbonyl (C=O) groups is 2. The van der Waals surface area contributed by atoms with Gasteiger partial charge in [0.25, 0.3) is 11.8 Å². The van der Waals surface area contributed by atoms with Crippen LogP contribution in [0.3, 0.4) is 0 Å². The molecule has 2 amide bonds. The van der Waals surface area contributed by atoms with Crippen LogP contribution >= 0.6 is 0 Å². The number of carbonyl (C=O) groups excluding carboxylic acids is 2. The second-order valence-corrected chi connectivity index (χ2v) is 5.66. The van der Waals surface area contributed by atoms with Gasteiger partial charge >= 0.3 is 0 Å². The van der Waals surface area contributed by atoms with Crippen LogP contribution in [0.4, 0.5) is 0 Å². The zero-order chi connectivity index (χ0) is 18.2. The van der Waals surface area contributed by atoms with Gasteiger partial charge in [-0.25, -0.2) is 0 Å². The van der Waals surface area contributed by atoms with E-state index in [1.54, 1.807) is 12.1 Å². The van der Waals surface area contributed by atoms with Crippen LogP contribution in [0.1, 0.15) is 21.5 Å². The lowest BCUT2D eigenvalue weighted by atomic mass is 10.1. The molecule has 3 N–H and O–H groups in total. The number of phenols is 1. The standard InChI is InChI=1S/C19H22N2O4/c1-13-7-8-15(11-14(13)2)25-12-18(23)20-9-10-21-19(24)16-5-3-4-6-17(16)22/h3-8,11,22H,9-10,12H2,1-2H3,(H,20,23)(H,21,24). The molecule has 0 aliphatic heterocycles. The topological polar surface area (TPSA) is 87.7 Å². The summed E-state index contributed by atoms with van der Waals surface area (Å²) >= 11 is 0. The molecule has 2 aromatic carbocycles. The molecule has 6 nitrogen and oxygen atoms in total. The zero-order valence-corrected chi connectivity index (χ0v) is 14.3. The number of hydrogen-bond acceptors (Lipinski definition) is 4. The number of aromatic hydroxyl groups is 1. The molecule has 0 aromatic heterocycles. The molecule has 0 radical (unpaired) electrons. The summed E-state index contributed by atoms with van der Waals surface area (Å²) in [5, 5.41) is 14.9. The third kappa shape index (κ3) is 5.53. The fourth-order valence-corrected chi connectivity index (χ4v) is 2.14. The highest BCUT2D eigenvalue weighted by atomic mass is 16.5. The van der Waals surface area contributed by atoms with Gasteiger partial charge in [-0.2, -0.15) is 0 Å². The number of aryl methyl sites for hydroxylation is 2. The smallest absolute Gasteiger partial charge is 0.258 e. The predicted octanol–water partition coefficient (Wildman–Crippen LogP) is 1.93. The average molecular weight is 342 g/mol. The molecule has 0 unspecified atom stereocenters. The van der Waals surface area contributed by atoms with Crippen molar-refractivity contribution < 1.29 is 19.4 Å². The van der Waals surface area contributed by atoms with Crippen LogP contribution in [0.25, 0.3) is 0 Å². The van der Waals surface area contributed by atoms with Gasteiger partial charge in [0.1, 0.15) is 11.5 Å². The van der Waals surface area contributed by atoms with E-state index in [0.717, 1.165) is 11.1 Å². The van der Waals surface area contributed by atoms with Gasteiger partial charge in [0.2, 0.25) is 0 Å². The molecule has 132 valence electrons. The van der Waals surface area contributed by atoms with Crippen LogP contribution in [-0.4, -0.2) is 36.6 Å². The van der Waals surface area contributed by atoms with Crippen molar-refractivity contribution in [3.63, 3.8) is 0 Å². The number of benzene rings is 2. The number of phenolic OH excluding ortho intramolecular Hbond substituents is 1. The maximum atomic E-state index is 11.9. The van der Waals surface area contributed by atoms with Crippen LogP contribution in [0.2, 0.25) is 0 Å². The van der Waals surface area contributed by atoms with Crippen LogP contribution in [0.15, 0.2) is 42.5 Å². The number of ether oxygens (including phenoxy) is 1. The van der Waals surface area contributed by atoms with Crippen molar-refractivity contribution in [3.8, 4) is 11.5 Å². The highest BCUT2D eigenvalue weighted by molar-refractivity contribution is 5.96. The van der Waals surface area contributed by atoms with Gasteiger partial charge in [-0.3, -0.25) is 9.59 Å². The lowest BCUT2D eigenvalue weighted by molar-refractivity contribution is -0.123. The molecule has 0 atom stereocenters. The SMILES string of the molecule is Cc1ccc(OCC(=O)NCCNC(=O)c2ccccc2O)cc1C. The van der Waals surface area contributed by atoms with Crippen LogP contribution in [-0.2, 0) is 4.79 Å². The summed E-state index contributed by atoms with van der Waals surface area (Å²) in [4.78, 5) is 23.6. The van der Waals surface area contributed by atoms with Crippen molar-refractivity contribution >= 4 is 11.8 Å². The molecule has 0 bridgehead atoms. The van der Waals surface area contributed by atoms with Gasteiger partial charge in [0.15, 0.2) is 6.61 Å². The fraction of sp³-hybridized carbons (Fsp3) is 0.263. The number of hydrogen-bond donors (Lipinski definition) is 3. The van der Waals surface area contributed by atoms with E-state index in [9.17, 15) is 14.7 Å². The summed E-state index contributed by atoms with van der Waals surface area (Å²) in [6.45, 7) is 4.43. The Kier molecular flexibility index (Phi) is 6.39. The maximum absolute atomic E-state index is 11.9. The fourth-order valence-electron chi connectivity index (χ4n) is 2.14. The number of rotatable bonds is 7. The van der Waals surface area contributed by atoms with Gasteiger partial charge in [-0.05, 0) is 49.2 Å². The molecule has 0 aliphatic rings. The normalized spacial score (nSPS) is 10.2. The lowest BCUT2D eigenvalue weighted by Crippen LogP contribution is -2.36. The monoisotopic (exact) mass is 342 g/mol. The van der Waals surface area contributed by atoms with E-state index in [4.69, 9.17) is 4.74 Å². The largest absolute Gasteiger partial charge is 0.507 e. The second-order valence-electron chi connectivity index (χ2n) is 5.66. The minimum absolute atomic E-state index is 0.0779. The summed E-state index contributed by atoms with van der Waals surface area (Å²) in [5.74, 6) is -0.0919. The average Bonchev–Trinajstić information content (AvgIpc) is 2.60. The van der Waals surface area contributed by atoms with E-state index in [1.165, 1.54) is 12.1 Å². The summed E-state index contributed by atoms with van der Waals surface area (Å²) in [5.41, 5.74) is 2.47. The first kappa shape index (κ1) is 18.3. The third-order valence-corrected chi connectivity index (χ3v) is 3.73. The zero-order valence-electron chi connectivity index (χ0n) is 14.3. The maximum Gasteiger partial charge on any atom is 0.258 e. The van der Waals surface area contributed by atoms with Gasteiger partial charge in [-0.1, -0.05) is 18.2 Å². The summed E-state index contributed by atoms with van der Waals surface area (Å²) in [6.07, 6.45) is 0. The molecule has 0 aliphatic carbocycles. The van der Waals surface area contributed by atoms with E-state index >= 15 is 0 Å². The molecule has 0 saturated heterocycles. The van der Waals surface area contributed by atoms with Crippen molar-refractivity contribution in [3.05, 3.63) is 59.2 Å². The first-order valence-corrected chi connectivity index (χ1v) is 8.00. The second kappa shape index (κ2) is 8.73. The van der Waals surface area contributed by atoms with Gasteiger partial charge in [-0.15, -0.1) is 0 Å². The minimum atomic E-state index is -0.390. The Morgan fingerprint density at radius 2 is 1.72 bits per heavy atom. The highest BCUT2D eigenvalue weighted by Gasteiger charge is 2.09. The van der Waals surface area contributed by atoms with E-state index in [2.05, 4.69) is 10.6 Å². The van der Waals surface area contributed by atoms with Crippen molar-refractivity contribution in [1.82, 2.24) is 10.6 Å². The molecule has 0 spiro atoms. The molecule has 25 heavy (non-hydrogen) atoms. The van der Waals surface area contributed by atoms with E-state index in [-0.39, 0.29) is 36.9 Å². The summed E-state index contributed by atoms with van der Waals surface area (Å²) in [7, 11) is 0. The third-order valence-electron chi connectivity index (χ3n) is 3.73. The molecule has 0 heterocycles. The summed E-state index contributed by atoms with van der Waals surface area (Å²) in [6, 6.07) is 11.9. The van der Waals surface area contributed by atoms with Crippen molar-refractivity contribution in [2.75, 3.05) is 19.7 Å². The van der Waals surface area contributed by atoms with E-state index in [1.807, 2.05) is 32.0 Å². The Bertz CT molecular complexity index is 759. The molecule has 2 rings (SSSR count). The number of nitrogens with one attached hydrogen (secondary N) is 2. The van der Waals surface area contributed by atoms with E-state index < -0.39 is 5.91 Å². The van der Waals surface area contributed by atoms with Crippen LogP contribution in [0, 0.1) is 13.8 Å². The molecular formula is C19H22N2O4. The van der Waals surface area contributed by atoms with Gasteiger partial charge < -0.3 is 20.5 Å². The molecule has 2 aromatic rings. The molecule has 6 heteroatoms. The Morgan fingerprint density at radius 3 is 2.44 bits per heavy atom. The van der Waals surface area contributed by atoms with Crippen LogP contribution < -0.4 is 15.4 Å². The molecule has 0 saturated carbocycles. The van der Waals surface area contributed by atoms with Gasteiger partial charge in [0.05, 0.1) is 5.56 Å². The minimum Gasteiger partial charge on any atom is -0.507 e. The summed E-state index contributed by atoms with van der Waals surface area (Å²) < 4.78 is 5.43. The van der Waals surface area contributed by atoms with Crippen molar-refractivity contribution in [2.45, 2.75) is 13.8 Å². The Morgan fingerprint density at radius 1 is 1.00 bits per heavy atom. The Balaban J connectivity index is 1.67.